The van der Waals surface area contributed by atoms with Crippen LogP contribution < -0.4 is 0 Å². The summed E-state index contributed by atoms with van der Waals surface area (Å²) in [5.74, 6) is 1.60. The van der Waals surface area contributed by atoms with Gasteiger partial charge in [-0.05, 0) is 64.0 Å². The van der Waals surface area contributed by atoms with Crippen molar-refractivity contribution < 1.29 is 0 Å². The van der Waals surface area contributed by atoms with Gasteiger partial charge in [0, 0.05) is 44.1 Å². The molecule has 0 fully saturated rings. The predicted octanol–water partition coefficient (Wildman–Crippen LogP) is 14.7. The molecule has 0 unspecified atom stereocenters. The number of hydrogen-bond donors (Lipinski definition) is 0. The molecule has 3 heterocycles. The van der Waals surface area contributed by atoms with Crippen molar-refractivity contribution in [2.45, 2.75) is 0 Å². The van der Waals surface area contributed by atoms with Crippen LogP contribution in [0.15, 0.2) is 224 Å². The fraction of sp³-hybridized carbons (Fsp3) is 0. The van der Waals surface area contributed by atoms with Gasteiger partial charge in [-0.15, -0.1) is 0 Å². The van der Waals surface area contributed by atoms with E-state index in [0.717, 1.165) is 111 Å². The van der Waals surface area contributed by atoms with E-state index in [1.165, 1.54) is 0 Å². The van der Waals surface area contributed by atoms with Crippen LogP contribution in [0, 0.1) is 0 Å². The van der Waals surface area contributed by atoms with Crippen LogP contribution in [0.4, 0.5) is 0 Å². The summed E-state index contributed by atoms with van der Waals surface area (Å²) in [7, 11) is 0. The number of pyridine rings is 1. The maximum atomic E-state index is 5.45. The largest absolute Gasteiger partial charge is 0.292 e. The minimum absolute atomic E-state index is 0.705. The second-order valence-corrected chi connectivity index (χ2v) is 15.8. The first kappa shape index (κ1) is 36.3. The van der Waals surface area contributed by atoms with Crippen LogP contribution in [-0.4, -0.2) is 24.5 Å². The van der Waals surface area contributed by atoms with Crippen molar-refractivity contribution in [2.24, 2.45) is 0 Å². The van der Waals surface area contributed by atoms with E-state index in [9.17, 15) is 0 Å². The smallest absolute Gasteiger partial charge is 0.160 e. The number of aromatic nitrogens is 5. The molecule has 0 amide bonds. The minimum Gasteiger partial charge on any atom is -0.292 e. The van der Waals surface area contributed by atoms with Crippen LogP contribution in [-0.2, 0) is 0 Å². The zero-order valence-electron chi connectivity index (χ0n) is 34.1. The Labute approximate surface area is 364 Å². The first-order chi connectivity index (χ1) is 31.2. The molecule has 0 saturated carbocycles. The molecule has 0 saturated heterocycles. The number of fused-ring (bicyclic) bond motifs is 6. The maximum absolute atomic E-state index is 5.45. The summed E-state index contributed by atoms with van der Waals surface area (Å²) >= 11 is 0. The third-order valence-electron chi connectivity index (χ3n) is 12.0. The normalized spacial score (nSPS) is 11.5. The molecule has 9 aromatic carbocycles. The Hall–Kier alpha value is -8.54. The average Bonchev–Trinajstić information content (AvgIpc) is 3.77. The lowest BCUT2D eigenvalue weighted by molar-refractivity contribution is 1.10. The third kappa shape index (κ3) is 6.42. The van der Waals surface area contributed by atoms with E-state index in [2.05, 4.69) is 211 Å². The van der Waals surface area contributed by atoms with Crippen molar-refractivity contribution in [3.05, 3.63) is 224 Å². The van der Waals surface area contributed by atoms with Crippen LogP contribution in [0.25, 0.3) is 117 Å². The Balaban J connectivity index is 0.943. The Morgan fingerprint density at radius 2 is 0.825 bits per heavy atom. The molecular formula is C58H37N5. The summed E-state index contributed by atoms with van der Waals surface area (Å²) in [6, 6.07) is 78.4. The average molecular weight is 804 g/mol. The van der Waals surface area contributed by atoms with Gasteiger partial charge in [0.2, 0.25) is 0 Å². The lowest BCUT2D eigenvalue weighted by Gasteiger charge is -2.13. The van der Waals surface area contributed by atoms with Crippen LogP contribution in [0.1, 0.15) is 0 Å². The van der Waals surface area contributed by atoms with Crippen molar-refractivity contribution in [3.63, 3.8) is 0 Å². The number of nitrogens with zero attached hydrogens (tertiary/aromatic N) is 5. The number of rotatable bonds is 7. The zero-order chi connectivity index (χ0) is 41.7. The lowest BCUT2D eigenvalue weighted by atomic mass is 9.96. The molecule has 0 aliphatic carbocycles. The molecular weight excluding hydrogens is 767 g/mol. The molecule has 0 atom stereocenters. The summed E-state index contributed by atoms with van der Waals surface area (Å²) in [4.78, 5) is 21.1. The van der Waals surface area contributed by atoms with Gasteiger partial charge < -0.3 is 0 Å². The highest BCUT2D eigenvalue weighted by Crippen LogP contribution is 2.40. The fourth-order valence-electron chi connectivity index (χ4n) is 8.95. The number of hydrogen-bond acceptors (Lipinski definition) is 4. The zero-order valence-corrected chi connectivity index (χ0v) is 34.1. The van der Waals surface area contributed by atoms with Crippen LogP contribution in [0.5, 0.6) is 0 Å². The van der Waals surface area contributed by atoms with Crippen molar-refractivity contribution in [3.8, 4) is 73.2 Å². The van der Waals surface area contributed by atoms with E-state index in [-0.39, 0.29) is 0 Å². The van der Waals surface area contributed by atoms with Gasteiger partial charge in [0.1, 0.15) is 5.82 Å². The third-order valence-corrected chi connectivity index (χ3v) is 12.0. The van der Waals surface area contributed by atoms with E-state index < -0.39 is 0 Å². The molecule has 12 rings (SSSR count). The van der Waals surface area contributed by atoms with Crippen LogP contribution in [0.3, 0.4) is 0 Å². The molecule has 0 aliphatic heterocycles. The Morgan fingerprint density at radius 1 is 0.302 bits per heavy atom. The second-order valence-electron chi connectivity index (χ2n) is 15.8. The van der Waals surface area contributed by atoms with Gasteiger partial charge in [-0.3, -0.25) is 4.57 Å². The molecule has 0 spiro atoms. The molecule has 12 aromatic rings. The first-order valence-corrected chi connectivity index (χ1v) is 21.2. The van der Waals surface area contributed by atoms with Gasteiger partial charge in [-0.2, -0.15) is 0 Å². The standard InChI is InChI=1S/C58H37N5/c1-4-15-38(16-5-1)44-19-14-20-45(37-44)57-60-51-26-13-11-24-49(51)54(61-57)41-31-27-39(28-32-41)40-29-33-42(34-30-40)55-53-48(47-23-10-12-25-50(47)59-55)35-36-52-56(53)62-58(43-17-6-2-7-18-43)63(52)46-21-8-3-9-22-46/h1-37H. The quantitative estimate of drug-likeness (QED) is 0.151. The summed E-state index contributed by atoms with van der Waals surface area (Å²) in [6.07, 6.45) is 0. The van der Waals surface area contributed by atoms with E-state index in [0.29, 0.717) is 5.82 Å². The minimum atomic E-state index is 0.705. The Kier molecular flexibility index (Phi) is 8.75. The van der Waals surface area contributed by atoms with Gasteiger partial charge in [0.25, 0.3) is 0 Å². The summed E-state index contributed by atoms with van der Waals surface area (Å²) in [6.45, 7) is 0. The van der Waals surface area contributed by atoms with E-state index in [4.69, 9.17) is 19.9 Å². The van der Waals surface area contributed by atoms with Crippen LogP contribution >= 0.6 is 0 Å². The van der Waals surface area contributed by atoms with Crippen LogP contribution in [0.2, 0.25) is 0 Å². The van der Waals surface area contributed by atoms with Crippen molar-refractivity contribution in [1.29, 1.82) is 0 Å². The number of imidazole rings is 1. The van der Waals surface area contributed by atoms with E-state index >= 15 is 0 Å². The van der Waals surface area contributed by atoms with Gasteiger partial charge >= 0.3 is 0 Å². The molecule has 0 aliphatic rings. The van der Waals surface area contributed by atoms with Gasteiger partial charge in [0.05, 0.1) is 33.5 Å². The lowest BCUT2D eigenvalue weighted by Crippen LogP contribution is -1.97. The van der Waals surface area contributed by atoms with E-state index in [1.54, 1.807) is 0 Å². The molecule has 3 aromatic heterocycles. The molecule has 5 nitrogen and oxygen atoms in total. The predicted molar refractivity (Wildman–Crippen MR) is 260 cm³/mol. The maximum Gasteiger partial charge on any atom is 0.160 e. The topological polar surface area (TPSA) is 56.5 Å². The highest BCUT2D eigenvalue weighted by atomic mass is 15.1. The van der Waals surface area contributed by atoms with Gasteiger partial charge in [0.15, 0.2) is 5.82 Å². The molecule has 294 valence electrons. The monoisotopic (exact) mass is 803 g/mol. The Bertz CT molecular complexity index is 3640. The van der Waals surface area contributed by atoms with Crippen molar-refractivity contribution in [2.75, 3.05) is 0 Å². The summed E-state index contributed by atoms with van der Waals surface area (Å²) in [5, 5.41) is 4.30. The number of para-hydroxylation sites is 3. The van der Waals surface area contributed by atoms with Crippen molar-refractivity contribution >= 4 is 43.6 Å². The molecule has 5 heteroatoms. The second kappa shape index (κ2) is 15.2. The number of benzene rings is 9. The molecule has 0 bridgehead atoms. The SMILES string of the molecule is c1ccc(-c2cccc(-c3nc(-c4ccc(-c5ccc(-c6nc7ccccc7c7ccc8c(nc(-c9ccccc9)n8-c8ccccc8)c67)cc5)cc4)c4ccccc4n3)c2)cc1. The fourth-order valence-corrected chi connectivity index (χ4v) is 8.95. The van der Waals surface area contributed by atoms with E-state index in [1.807, 2.05) is 18.2 Å². The van der Waals surface area contributed by atoms with Gasteiger partial charge in [-0.25, -0.2) is 19.9 Å². The summed E-state index contributed by atoms with van der Waals surface area (Å²) in [5.41, 5.74) is 15.3. The van der Waals surface area contributed by atoms with Gasteiger partial charge in [-0.1, -0.05) is 188 Å². The molecule has 0 radical (unpaired) electrons. The molecule has 0 N–H and O–H groups in total. The highest BCUT2D eigenvalue weighted by Gasteiger charge is 2.21. The molecule has 63 heavy (non-hydrogen) atoms. The summed E-state index contributed by atoms with van der Waals surface area (Å²) < 4.78 is 2.27. The Morgan fingerprint density at radius 3 is 1.52 bits per heavy atom. The first-order valence-electron chi connectivity index (χ1n) is 21.2. The van der Waals surface area contributed by atoms with Crippen molar-refractivity contribution in [1.82, 2.24) is 24.5 Å². The highest BCUT2D eigenvalue weighted by molar-refractivity contribution is 6.20.